The van der Waals surface area contributed by atoms with Gasteiger partial charge in [0.2, 0.25) is 5.94 Å². The summed E-state index contributed by atoms with van der Waals surface area (Å²) in [6, 6.07) is 9.50. The second-order valence-corrected chi connectivity index (χ2v) is 3.62. The zero-order chi connectivity index (χ0) is 12.3. The van der Waals surface area contributed by atoms with Gasteiger partial charge in [-0.3, -0.25) is 10.1 Å². The molecule has 0 spiro atoms. The number of nitro groups is 1. The van der Waals surface area contributed by atoms with Gasteiger partial charge in [-0.15, -0.1) is 0 Å². The average molecular weight is 227 g/mol. The Morgan fingerprint density at radius 3 is 2.59 bits per heavy atom. The quantitative estimate of drug-likeness (QED) is 0.452. The summed E-state index contributed by atoms with van der Waals surface area (Å²) in [7, 11) is 0. The fraction of sp³-hybridized carbons (Fsp3) is 0.0769. The first-order valence-corrected chi connectivity index (χ1v) is 5.07. The van der Waals surface area contributed by atoms with E-state index in [1.54, 1.807) is 18.2 Å². The molecule has 0 saturated heterocycles. The van der Waals surface area contributed by atoms with Crippen molar-refractivity contribution in [2.45, 2.75) is 0 Å². The van der Waals surface area contributed by atoms with Crippen LogP contribution < -0.4 is 0 Å². The summed E-state index contributed by atoms with van der Waals surface area (Å²) in [5.74, 6) is 0.802. The third-order valence-corrected chi connectivity index (χ3v) is 2.57. The lowest BCUT2D eigenvalue weighted by Crippen LogP contribution is -2.07. The highest BCUT2D eigenvalue weighted by molar-refractivity contribution is 5.78. The molecule has 0 aliphatic heterocycles. The van der Waals surface area contributed by atoms with Crippen LogP contribution >= 0.6 is 0 Å². The predicted molar refractivity (Wildman–Crippen MR) is 63.2 cm³/mol. The summed E-state index contributed by atoms with van der Waals surface area (Å²) in [5.41, 5.74) is 1.40. The number of nitrogens with zero attached hydrogens (tertiary/aromatic N) is 1. The molecule has 2 rings (SSSR count). The van der Waals surface area contributed by atoms with Gasteiger partial charge in [0.15, 0.2) is 0 Å². The molecule has 1 aromatic carbocycles. The molecular formula is C13H9NO3. The maximum absolute atomic E-state index is 10.6. The van der Waals surface area contributed by atoms with Crippen molar-refractivity contribution in [1.29, 1.82) is 0 Å². The van der Waals surface area contributed by atoms with Gasteiger partial charge in [0.1, 0.15) is 0 Å². The van der Waals surface area contributed by atoms with E-state index in [9.17, 15) is 14.9 Å². The molecule has 0 aromatic heterocycles. The standard InChI is InChI=1S/C13H9NO3/c15-9-13(14(16)17)12-7-6-11(8-12)10-4-2-1-3-5-10/h1-8,12H. The second kappa shape index (κ2) is 4.60. The van der Waals surface area contributed by atoms with E-state index in [2.05, 4.69) is 0 Å². The minimum atomic E-state index is -0.688. The monoisotopic (exact) mass is 227 g/mol. The highest BCUT2D eigenvalue weighted by Gasteiger charge is 2.25. The van der Waals surface area contributed by atoms with Crippen molar-refractivity contribution < 1.29 is 9.72 Å². The van der Waals surface area contributed by atoms with Gasteiger partial charge in [-0.25, -0.2) is 4.79 Å². The van der Waals surface area contributed by atoms with Crippen molar-refractivity contribution >= 4 is 11.5 Å². The van der Waals surface area contributed by atoms with Crippen LogP contribution in [0.5, 0.6) is 0 Å². The number of benzene rings is 1. The molecule has 0 saturated carbocycles. The van der Waals surface area contributed by atoms with Gasteiger partial charge in [-0.2, -0.15) is 0 Å². The smallest absolute Gasteiger partial charge is 0.258 e. The molecule has 0 fully saturated rings. The minimum Gasteiger partial charge on any atom is -0.258 e. The van der Waals surface area contributed by atoms with Gasteiger partial charge in [0.05, 0.1) is 10.8 Å². The first-order chi connectivity index (χ1) is 8.22. The van der Waals surface area contributed by atoms with Crippen LogP contribution in [-0.4, -0.2) is 10.9 Å². The zero-order valence-corrected chi connectivity index (χ0v) is 8.87. The predicted octanol–water partition coefficient (Wildman–Crippen LogP) is 2.25. The van der Waals surface area contributed by atoms with Crippen LogP contribution in [0.4, 0.5) is 0 Å². The Bertz CT molecular complexity index is 551. The first-order valence-electron chi connectivity index (χ1n) is 5.07. The van der Waals surface area contributed by atoms with Crippen LogP contribution in [0.15, 0.2) is 54.3 Å². The van der Waals surface area contributed by atoms with Gasteiger partial charge in [-0.1, -0.05) is 48.6 Å². The maximum atomic E-state index is 10.6. The van der Waals surface area contributed by atoms with E-state index in [0.29, 0.717) is 0 Å². The minimum absolute atomic E-state index is 0.452. The molecule has 17 heavy (non-hydrogen) atoms. The number of hydrogen-bond acceptors (Lipinski definition) is 3. The van der Waals surface area contributed by atoms with Crippen LogP contribution in [0.2, 0.25) is 0 Å². The van der Waals surface area contributed by atoms with E-state index in [0.717, 1.165) is 11.1 Å². The third-order valence-electron chi connectivity index (χ3n) is 2.57. The van der Waals surface area contributed by atoms with Gasteiger partial charge < -0.3 is 0 Å². The molecule has 0 amide bonds. The van der Waals surface area contributed by atoms with E-state index in [1.165, 1.54) is 5.94 Å². The molecule has 1 aromatic rings. The van der Waals surface area contributed by atoms with Gasteiger partial charge >= 0.3 is 5.70 Å². The molecule has 0 N–H and O–H groups in total. The van der Waals surface area contributed by atoms with Crippen molar-refractivity contribution in [3.05, 3.63) is 69.9 Å². The Kier molecular flexibility index (Phi) is 2.99. The first kappa shape index (κ1) is 11.0. The van der Waals surface area contributed by atoms with E-state index >= 15 is 0 Å². The van der Waals surface area contributed by atoms with Crippen molar-refractivity contribution in [2.75, 3.05) is 0 Å². The van der Waals surface area contributed by atoms with Crippen LogP contribution in [0.1, 0.15) is 5.56 Å². The van der Waals surface area contributed by atoms with Crippen LogP contribution in [0, 0.1) is 16.0 Å². The average Bonchev–Trinajstić information content (AvgIpc) is 2.80. The number of rotatable bonds is 3. The Morgan fingerprint density at radius 1 is 1.29 bits per heavy atom. The molecular weight excluding hydrogens is 218 g/mol. The summed E-state index contributed by atoms with van der Waals surface area (Å²) >= 11 is 0. The van der Waals surface area contributed by atoms with Crippen molar-refractivity contribution in [2.24, 2.45) is 5.92 Å². The fourth-order valence-electron chi connectivity index (χ4n) is 1.73. The Hall–Kier alpha value is -2.45. The fourth-order valence-corrected chi connectivity index (χ4v) is 1.73. The normalized spacial score (nSPS) is 17.4. The molecule has 0 radical (unpaired) electrons. The summed E-state index contributed by atoms with van der Waals surface area (Å²) in [6.07, 6.45) is 5.10. The van der Waals surface area contributed by atoms with Crippen LogP contribution in [0.3, 0.4) is 0 Å². The lowest BCUT2D eigenvalue weighted by atomic mass is 10.1. The molecule has 1 aliphatic carbocycles. The zero-order valence-electron chi connectivity index (χ0n) is 8.87. The summed E-state index contributed by atoms with van der Waals surface area (Å²) in [4.78, 5) is 20.4. The molecule has 1 unspecified atom stereocenters. The van der Waals surface area contributed by atoms with E-state index < -0.39 is 16.5 Å². The molecule has 1 aliphatic rings. The van der Waals surface area contributed by atoms with Crippen molar-refractivity contribution in [1.82, 2.24) is 0 Å². The van der Waals surface area contributed by atoms with Crippen LogP contribution in [-0.2, 0) is 4.79 Å². The van der Waals surface area contributed by atoms with Crippen LogP contribution in [0.25, 0.3) is 5.57 Å². The topological polar surface area (TPSA) is 60.2 Å². The molecule has 4 nitrogen and oxygen atoms in total. The highest BCUT2D eigenvalue weighted by Crippen LogP contribution is 2.28. The second-order valence-electron chi connectivity index (χ2n) is 3.62. The van der Waals surface area contributed by atoms with Crippen molar-refractivity contribution in [3.63, 3.8) is 0 Å². The Balaban J connectivity index is 2.30. The molecule has 0 heterocycles. The Labute approximate surface area is 97.7 Å². The third kappa shape index (κ3) is 2.22. The lowest BCUT2D eigenvalue weighted by molar-refractivity contribution is -0.427. The largest absolute Gasteiger partial charge is 0.338 e. The summed E-state index contributed by atoms with van der Waals surface area (Å²) in [6.45, 7) is 0. The van der Waals surface area contributed by atoms with Gasteiger partial charge in [0, 0.05) is 0 Å². The number of allylic oxidation sites excluding steroid dienone is 3. The number of carbonyl (C=O) groups excluding carboxylic acids is 1. The van der Waals surface area contributed by atoms with E-state index in [1.807, 2.05) is 30.3 Å². The molecule has 0 bridgehead atoms. The molecule has 84 valence electrons. The van der Waals surface area contributed by atoms with E-state index in [4.69, 9.17) is 0 Å². The molecule has 1 atom stereocenters. The maximum Gasteiger partial charge on any atom is 0.338 e. The van der Waals surface area contributed by atoms with Gasteiger partial charge in [-0.05, 0) is 11.1 Å². The molecule has 4 heteroatoms. The highest BCUT2D eigenvalue weighted by atomic mass is 16.6. The summed E-state index contributed by atoms with van der Waals surface area (Å²) < 4.78 is 0. The van der Waals surface area contributed by atoms with Crippen molar-refractivity contribution in [3.8, 4) is 0 Å². The van der Waals surface area contributed by atoms with E-state index in [-0.39, 0.29) is 0 Å². The lowest BCUT2D eigenvalue weighted by Gasteiger charge is -1.99. The SMILES string of the molecule is O=C=C(C1C=CC(c2ccccc2)=C1)[N+](=O)[O-]. The Morgan fingerprint density at radius 2 is 2.00 bits per heavy atom. The summed E-state index contributed by atoms with van der Waals surface area (Å²) in [5, 5.41) is 10.6. The van der Waals surface area contributed by atoms with Gasteiger partial charge in [0.25, 0.3) is 0 Å². The number of hydrogen-bond donors (Lipinski definition) is 0.